The number of nitrogens with zero attached hydrogens (tertiary/aromatic N) is 1. The number of ether oxygens (including phenoxy) is 1. The molecule has 0 aliphatic carbocycles. The summed E-state index contributed by atoms with van der Waals surface area (Å²) in [6.45, 7) is 1.65. The van der Waals surface area contributed by atoms with Gasteiger partial charge in [0.2, 0.25) is 0 Å². The van der Waals surface area contributed by atoms with Gasteiger partial charge < -0.3 is 15.0 Å². The number of hydrogen-bond donors (Lipinski definition) is 2. The number of benzene rings is 3. The number of sulfonamides is 1. The van der Waals surface area contributed by atoms with Crippen LogP contribution in [0, 0.1) is 12.7 Å². The Morgan fingerprint density at radius 2 is 1.75 bits per heavy atom. The van der Waals surface area contributed by atoms with Gasteiger partial charge in [0.1, 0.15) is 11.6 Å². The van der Waals surface area contributed by atoms with E-state index in [4.69, 9.17) is 4.74 Å². The van der Waals surface area contributed by atoms with Gasteiger partial charge in [-0.2, -0.15) is 0 Å². The molecular formula is C23H24FN3O4S. The van der Waals surface area contributed by atoms with E-state index in [0.717, 1.165) is 6.07 Å². The zero-order valence-electron chi connectivity index (χ0n) is 18.1. The SMILES string of the molecule is COc1ccccc1NS(=O)(=O)c1cc(NC(=O)c2ccc(N(C)C)c(F)c2)ccc1C. The fourth-order valence-corrected chi connectivity index (χ4v) is 4.45. The minimum absolute atomic E-state index is 0.00431. The summed E-state index contributed by atoms with van der Waals surface area (Å²) in [4.78, 5) is 14.2. The van der Waals surface area contributed by atoms with Crippen LogP contribution in [0.3, 0.4) is 0 Å². The Labute approximate surface area is 186 Å². The summed E-state index contributed by atoms with van der Waals surface area (Å²) < 4.78 is 48.0. The molecule has 3 rings (SSSR count). The highest BCUT2D eigenvalue weighted by atomic mass is 32.2. The molecule has 0 saturated heterocycles. The molecule has 32 heavy (non-hydrogen) atoms. The van der Waals surface area contributed by atoms with Gasteiger partial charge in [0.05, 0.1) is 23.4 Å². The fourth-order valence-electron chi connectivity index (χ4n) is 3.11. The Morgan fingerprint density at radius 3 is 2.41 bits per heavy atom. The highest BCUT2D eigenvalue weighted by molar-refractivity contribution is 7.92. The molecular weight excluding hydrogens is 433 g/mol. The zero-order valence-corrected chi connectivity index (χ0v) is 19.0. The van der Waals surface area contributed by atoms with Crippen LogP contribution in [0.15, 0.2) is 65.6 Å². The summed E-state index contributed by atoms with van der Waals surface area (Å²) in [5.41, 5.74) is 1.52. The number of methoxy groups -OCH3 is 1. The largest absolute Gasteiger partial charge is 0.495 e. The van der Waals surface area contributed by atoms with Gasteiger partial charge in [-0.1, -0.05) is 18.2 Å². The van der Waals surface area contributed by atoms with E-state index in [2.05, 4.69) is 10.0 Å². The first kappa shape index (κ1) is 23.1. The highest BCUT2D eigenvalue weighted by Gasteiger charge is 2.20. The third-order valence-electron chi connectivity index (χ3n) is 4.78. The summed E-state index contributed by atoms with van der Waals surface area (Å²) in [6.07, 6.45) is 0. The number of carbonyl (C=O) groups is 1. The first-order valence-electron chi connectivity index (χ1n) is 9.67. The quantitative estimate of drug-likeness (QED) is 0.554. The molecule has 0 aromatic heterocycles. The second-order valence-corrected chi connectivity index (χ2v) is 8.95. The third-order valence-corrected chi connectivity index (χ3v) is 6.29. The lowest BCUT2D eigenvalue weighted by Gasteiger charge is -2.15. The molecule has 7 nitrogen and oxygen atoms in total. The van der Waals surface area contributed by atoms with Crippen molar-refractivity contribution in [3.8, 4) is 5.75 Å². The number of nitrogens with one attached hydrogen (secondary N) is 2. The number of carbonyl (C=O) groups excluding carboxylic acids is 1. The van der Waals surface area contributed by atoms with E-state index in [0.29, 0.717) is 22.7 Å². The minimum Gasteiger partial charge on any atom is -0.495 e. The van der Waals surface area contributed by atoms with Gasteiger partial charge in [0.25, 0.3) is 15.9 Å². The molecule has 168 valence electrons. The van der Waals surface area contributed by atoms with Gasteiger partial charge in [-0.05, 0) is 55.0 Å². The van der Waals surface area contributed by atoms with E-state index in [1.54, 1.807) is 62.3 Å². The molecule has 0 unspecified atom stereocenters. The van der Waals surface area contributed by atoms with Crippen LogP contribution in [0.5, 0.6) is 5.75 Å². The van der Waals surface area contributed by atoms with Crippen molar-refractivity contribution in [2.24, 2.45) is 0 Å². The molecule has 1 amide bonds. The van der Waals surface area contributed by atoms with Crippen molar-refractivity contribution in [2.45, 2.75) is 11.8 Å². The topological polar surface area (TPSA) is 87.7 Å². The smallest absolute Gasteiger partial charge is 0.262 e. The average Bonchev–Trinajstić information content (AvgIpc) is 2.74. The Morgan fingerprint density at radius 1 is 1.03 bits per heavy atom. The van der Waals surface area contributed by atoms with Crippen molar-refractivity contribution >= 4 is 33.0 Å². The average molecular weight is 458 g/mol. The predicted octanol–water partition coefficient (Wildman–Crippen LogP) is 4.26. The Balaban J connectivity index is 1.87. The van der Waals surface area contributed by atoms with Crippen molar-refractivity contribution < 1.29 is 22.3 Å². The molecule has 3 aromatic rings. The van der Waals surface area contributed by atoms with Crippen LogP contribution in [0.1, 0.15) is 15.9 Å². The van der Waals surface area contributed by atoms with E-state index in [1.807, 2.05) is 0 Å². The van der Waals surface area contributed by atoms with Gasteiger partial charge in [-0.25, -0.2) is 12.8 Å². The Kier molecular flexibility index (Phi) is 6.69. The van der Waals surface area contributed by atoms with Crippen LogP contribution >= 0.6 is 0 Å². The van der Waals surface area contributed by atoms with Crippen molar-refractivity contribution in [3.63, 3.8) is 0 Å². The first-order valence-corrected chi connectivity index (χ1v) is 11.2. The number of amides is 1. The van der Waals surface area contributed by atoms with Crippen molar-refractivity contribution in [3.05, 3.63) is 77.6 Å². The van der Waals surface area contributed by atoms with E-state index < -0.39 is 21.7 Å². The van der Waals surface area contributed by atoms with Gasteiger partial charge in [0, 0.05) is 25.3 Å². The summed E-state index contributed by atoms with van der Waals surface area (Å²) in [5, 5.41) is 2.62. The molecule has 0 fully saturated rings. The van der Waals surface area contributed by atoms with Crippen LogP contribution in [-0.4, -0.2) is 35.5 Å². The van der Waals surface area contributed by atoms with E-state index in [-0.39, 0.29) is 16.1 Å². The molecule has 0 radical (unpaired) electrons. The van der Waals surface area contributed by atoms with Crippen LogP contribution in [0.4, 0.5) is 21.5 Å². The first-order chi connectivity index (χ1) is 15.1. The van der Waals surface area contributed by atoms with Crippen LogP contribution in [0.2, 0.25) is 0 Å². The molecule has 9 heteroatoms. The van der Waals surface area contributed by atoms with Crippen LogP contribution in [-0.2, 0) is 10.0 Å². The summed E-state index contributed by atoms with van der Waals surface area (Å²) in [6, 6.07) is 15.3. The van der Waals surface area contributed by atoms with E-state index >= 15 is 0 Å². The second kappa shape index (κ2) is 9.27. The van der Waals surface area contributed by atoms with Crippen molar-refractivity contribution in [1.29, 1.82) is 0 Å². The van der Waals surface area contributed by atoms with E-state index in [1.165, 1.54) is 25.3 Å². The van der Waals surface area contributed by atoms with Crippen LogP contribution < -0.4 is 19.7 Å². The number of aryl methyl sites for hydroxylation is 1. The summed E-state index contributed by atoms with van der Waals surface area (Å²) in [5.74, 6) is -0.712. The van der Waals surface area contributed by atoms with Crippen LogP contribution in [0.25, 0.3) is 0 Å². The standard InChI is InChI=1S/C23H24FN3O4S/c1-15-9-11-17(25-23(28)16-10-12-20(27(2)3)18(24)13-16)14-22(15)32(29,30)26-19-7-5-6-8-21(19)31-4/h5-14,26H,1-4H3,(H,25,28). The number of halogens is 1. The number of hydrogen-bond acceptors (Lipinski definition) is 5. The monoisotopic (exact) mass is 457 g/mol. The van der Waals surface area contributed by atoms with Gasteiger partial charge in [-0.15, -0.1) is 0 Å². The normalized spacial score (nSPS) is 11.0. The second-order valence-electron chi connectivity index (χ2n) is 7.30. The minimum atomic E-state index is -3.97. The van der Waals surface area contributed by atoms with Crippen molar-refractivity contribution in [2.75, 3.05) is 36.1 Å². The number of rotatable bonds is 7. The molecule has 0 heterocycles. The molecule has 0 bridgehead atoms. The highest BCUT2D eigenvalue weighted by Crippen LogP contribution is 2.28. The Bertz CT molecular complexity index is 1260. The molecule has 2 N–H and O–H groups in total. The molecule has 0 atom stereocenters. The summed E-state index contributed by atoms with van der Waals surface area (Å²) >= 11 is 0. The lowest BCUT2D eigenvalue weighted by atomic mass is 10.1. The number of para-hydroxylation sites is 2. The predicted molar refractivity (Wildman–Crippen MR) is 124 cm³/mol. The maximum atomic E-state index is 14.2. The maximum Gasteiger partial charge on any atom is 0.262 e. The fraction of sp³-hybridized carbons (Fsp3) is 0.174. The molecule has 3 aromatic carbocycles. The molecule has 0 spiro atoms. The van der Waals surface area contributed by atoms with Gasteiger partial charge in [-0.3, -0.25) is 9.52 Å². The van der Waals surface area contributed by atoms with Gasteiger partial charge >= 0.3 is 0 Å². The maximum absolute atomic E-state index is 14.2. The Hall–Kier alpha value is -3.59. The lowest BCUT2D eigenvalue weighted by Crippen LogP contribution is -2.17. The molecule has 0 aliphatic heterocycles. The van der Waals surface area contributed by atoms with E-state index in [9.17, 15) is 17.6 Å². The molecule has 0 aliphatic rings. The summed E-state index contributed by atoms with van der Waals surface area (Å²) in [7, 11) is 0.878. The third kappa shape index (κ3) is 5.00. The molecule has 0 saturated carbocycles. The zero-order chi connectivity index (χ0) is 23.5. The van der Waals surface area contributed by atoms with Gasteiger partial charge in [0.15, 0.2) is 0 Å². The lowest BCUT2D eigenvalue weighted by molar-refractivity contribution is 0.102. The van der Waals surface area contributed by atoms with Crippen molar-refractivity contribution in [1.82, 2.24) is 0 Å². The number of anilines is 3.